The zero-order valence-corrected chi connectivity index (χ0v) is 23.9. The first-order chi connectivity index (χ1) is 18.5. The fourth-order valence-electron chi connectivity index (χ4n) is 3.29. The molecule has 2 amide bonds. The predicted molar refractivity (Wildman–Crippen MR) is 155 cm³/mol. The van der Waals surface area contributed by atoms with Gasteiger partial charge in [0.05, 0.1) is 42.7 Å². The summed E-state index contributed by atoms with van der Waals surface area (Å²) in [4.78, 5) is 42.2. The van der Waals surface area contributed by atoms with Crippen LogP contribution in [0.4, 0.5) is 15.2 Å². The van der Waals surface area contributed by atoms with Crippen molar-refractivity contribution in [3.05, 3.63) is 90.9 Å². The minimum atomic E-state index is -1.51. The molecule has 0 spiro atoms. The van der Waals surface area contributed by atoms with Crippen molar-refractivity contribution in [3.63, 3.8) is 0 Å². The van der Waals surface area contributed by atoms with E-state index in [1.807, 2.05) is 0 Å². The minimum Gasteiger partial charge on any atom is -0.478 e. The number of rotatable bonds is 8. The van der Waals surface area contributed by atoms with Crippen molar-refractivity contribution in [2.75, 3.05) is 16.4 Å². The standard InChI is InChI=1S/C25H14Cl4FN3O4S2/c26-19-17(18(24(36)37)20(27)22(29)21(19)28)23(35)31-13-2-1-3-14(8-13)38-10-16(34)33-25-32-15(9-39-25)11-4-6-12(30)7-5-11/h1-9H,10H2,(H,31,35)(H,36,37)(H,32,33,34). The molecule has 3 N–H and O–H groups in total. The number of hydrogen-bond acceptors (Lipinski definition) is 6. The van der Waals surface area contributed by atoms with Crippen LogP contribution in [0.1, 0.15) is 20.7 Å². The zero-order valence-electron chi connectivity index (χ0n) is 19.2. The van der Waals surface area contributed by atoms with Crippen LogP contribution in [0.25, 0.3) is 11.3 Å². The number of anilines is 2. The number of aromatic nitrogens is 1. The summed E-state index contributed by atoms with van der Waals surface area (Å²) < 4.78 is 13.1. The van der Waals surface area contributed by atoms with Crippen LogP contribution in [0.3, 0.4) is 0 Å². The van der Waals surface area contributed by atoms with E-state index in [1.165, 1.54) is 35.2 Å². The number of carboxylic acids is 1. The van der Waals surface area contributed by atoms with Gasteiger partial charge in [0.15, 0.2) is 5.13 Å². The Bertz CT molecular complexity index is 1600. The van der Waals surface area contributed by atoms with Gasteiger partial charge in [-0.1, -0.05) is 52.5 Å². The summed E-state index contributed by atoms with van der Waals surface area (Å²) in [5, 5.41) is 15.7. The third-order valence-corrected chi connectivity index (χ3v) is 8.61. The van der Waals surface area contributed by atoms with Crippen LogP contribution >= 0.6 is 69.5 Å². The SMILES string of the molecule is O=C(CSc1cccc(NC(=O)c2c(Cl)c(Cl)c(Cl)c(Cl)c2C(=O)O)c1)Nc1nc(-c2ccc(F)cc2)cs1. The van der Waals surface area contributed by atoms with E-state index in [1.54, 1.807) is 41.8 Å². The average Bonchev–Trinajstić information content (AvgIpc) is 3.36. The lowest BCUT2D eigenvalue weighted by Gasteiger charge is -2.14. The van der Waals surface area contributed by atoms with E-state index in [4.69, 9.17) is 46.4 Å². The maximum Gasteiger partial charge on any atom is 0.338 e. The largest absolute Gasteiger partial charge is 0.478 e. The predicted octanol–water partition coefficient (Wildman–Crippen LogP) is 8.24. The summed E-state index contributed by atoms with van der Waals surface area (Å²) in [7, 11) is 0. The van der Waals surface area contributed by atoms with Gasteiger partial charge in [0.1, 0.15) is 5.82 Å². The highest BCUT2D eigenvalue weighted by Crippen LogP contribution is 2.42. The van der Waals surface area contributed by atoms with Crippen molar-refractivity contribution < 1.29 is 23.9 Å². The van der Waals surface area contributed by atoms with Gasteiger partial charge in [-0.15, -0.1) is 23.1 Å². The molecule has 7 nitrogen and oxygen atoms in total. The number of carbonyl (C=O) groups excluding carboxylic acids is 2. The second-order valence-corrected chi connectivity index (χ2v) is 11.1. The smallest absolute Gasteiger partial charge is 0.338 e. The molecule has 0 saturated carbocycles. The summed E-state index contributed by atoms with van der Waals surface area (Å²) >= 11 is 26.6. The van der Waals surface area contributed by atoms with Gasteiger partial charge in [-0.25, -0.2) is 14.2 Å². The van der Waals surface area contributed by atoms with Crippen LogP contribution < -0.4 is 10.6 Å². The topological polar surface area (TPSA) is 108 Å². The van der Waals surface area contributed by atoms with Gasteiger partial charge in [-0.05, 0) is 42.5 Å². The molecule has 0 aliphatic heterocycles. The second-order valence-electron chi connectivity index (χ2n) is 7.67. The van der Waals surface area contributed by atoms with Crippen molar-refractivity contribution in [1.29, 1.82) is 0 Å². The fraction of sp³-hybridized carbons (Fsp3) is 0.0400. The molecule has 1 aromatic heterocycles. The van der Waals surface area contributed by atoms with Gasteiger partial charge in [-0.3, -0.25) is 9.59 Å². The maximum absolute atomic E-state index is 13.1. The van der Waals surface area contributed by atoms with Crippen molar-refractivity contribution in [2.45, 2.75) is 4.90 Å². The highest BCUT2D eigenvalue weighted by molar-refractivity contribution is 8.00. The van der Waals surface area contributed by atoms with Crippen molar-refractivity contribution >= 4 is 98.1 Å². The Kier molecular flexibility index (Phi) is 9.37. The second kappa shape index (κ2) is 12.5. The van der Waals surface area contributed by atoms with Crippen molar-refractivity contribution in [3.8, 4) is 11.3 Å². The monoisotopic (exact) mass is 643 g/mol. The number of aromatic carboxylic acids is 1. The van der Waals surface area contributed by atoms with Crippen LogP contribution in [-0.4, -0.2) is 33.6 Å². The van der Waals surface area contributed by atoms with Gasteiger partial charge in [0.2, 0.25) is 5.91 Å². The molecular weight excluding hydrogens is 631 g/mol. The Morgan fingerprint density at radius 3 is 2.26 bits per heavy atom. The maximum atomic E-state index is 13.1. The van der Waals surface area contributed by atoms with E-state index in [0.29, 0.717) is 21.4 Å². The number of nitrogens with zero attached hydrogens (tertiary/aromatic N) is 1. The normalized spacial score (nSPS) is 10.8. The quantitative estimate of drug-likeness (QED) is 0.101. The molecule has 4 aromatic rings. The highest BCUT2D eigenvalue weighted by atomic mass is 35.5. The van der Waals surface area contributed by atoms with Crippen molar-refractivity contribution in [2.24, 2.45) is 0 Å². The molecule has 14 heteroatoms. The first kappa shape index (κ1) is 29.1. The molecule has 0 aliphatic rings. The lowest BCUT2D eigenvalue weighted by Crippen LogP contribution is -2.18. The molecule has 0 radical (unpaired) electrons. The number of carboxylic acid groups (broad SMARTS) is 1. The van der Waals surface area contributed by atoms with Crippen LogP contribution in [0.15, 0.2) is 58.8 Å². The third kappa shape index (κ3) is 6.84. The molecule has 4 rings (SSSR count). The van der Waals surface area contributed by atoms with Gasteiger partial charge in [-0.2, -0.15) is 0 Å². The summed E-state index contributed by atoms with van der Waals surface area (Å²) in [6.45, 7) is 0. The molecule has 0 fully saturated rings. The Balaban J connectivity index is 1.41. The van der Waals surface area contributed by atoms with E-state index in [2.05, 4.69) is 15.6 Å². The third-order valence-electron chi connectivity index (χ3n) is 5.06. The van der Waals surface area contributed by atoms with Crippen molar-refractivity contribution in [1.82, 2.24) is 4.98 Å². The van der Waals surface area contributed by atoms with Gasteiger partial charge >= 0.3 is 5.97 Å². The summed E-state index contributed by atoms with van der Waals surface area (Å²) in [6.07, 6.45) is 0. The Morgan fingerprint density at radius 1 is 0.923 bits per heavy atom. The molecular formula is C25H14Cl4FN3O4S2. The van der Waals surface area contributed by atoms with Crippen LogP contribution in [0.2, 0.25) is 20.1 Å². The van der Waals surface area contributed by atoms with E-state index >= 15 is 0 Å². The zero-order chi connectivity index (χ0) is 28.3. The number of amides is 2. The number of benzene rings is 3. The van der Waals surface area contributed by atoms with E-state index in [0.717, 1.165) is 5.56 Å². The first-order valence-electron chi connectivity index (χ1n) is 10.7. The van der Waals surface area contributed by atoms with Gasteiger partial charge in [0.25, 0.3) is 5.91 Å². The molecule has 0 aliphatic carbocycles. The Labute approximate surface area is 249 Å². The number of thioether (sulfide) groups is 1. The molecule has 0 bridgehead atoms. The van der Waals surface area contributed by atoms with Gasteiger partial charge < -0.3 is 15.7 Å². The molecule has 0 unspecified atom stereocenters. The lowest BCUT2D eigenvalue weighted by atomic mass is 10.1. The van der Waals surface area contributed by atoms with E-state index < -0.39 is 28.0 Å². The number of thiazole rings is 1. The van der Waals surface area contributed by atoms with E-state index in [9.17, 15) is 23.9 Å². The number of hydrogen-bond donors (Lipinski definition) is 3. The lowest BCUT2D eigenvalue weighted by molar-refractivity contribution is -0.113. The molecule has 39 heavy (non-hydrogen) atoms. The number of nitrogens with one attached hydrogen (secondary N) is 2. The fourth-order valence-corrected chi connectivity index (χ4v) is 5.80. The van der Waals surface area contributed by atoms with Crippen LogP contribution in [-0.2, 0) is 4.79 Å². The van der Waals surface area contributed by atoms with Gasteiger partial charge in [0, 0.05) is 21.5 Å². The number of halogens is 5. The summed E-state index contributed by atoms with van der Waals surface area (Å²) in [5.74, 6) is -2.99. The summed E-state index contributed by atoms with van der Waals surface area (Å²) in [5.41, 5.74) is 0.621. The Hall–Kier alpha value is -2.86. The minimum absolute atomic E-state index is 0.0419. The molecule has 0 saturated heterocycles. The van der Waals surface area contributed by atoms with E-state index in [-0.39, 0.29) is 32.5 Å². The molecule has 3 aromatic carbocycles. The number of carbonyl (C=O) groups is 3. The molecule has 200 valence electrons. The highest BCUT2D eigenvalue weighted by Gasteiger charge is 2.29. The summed E-state index contributed by atoms with van der Waals surface area (Å²) in [6, 6.07) is 12.4. The Morgan fingerprint density at radius 2 is 1.59 bits per heavy atom. The first-order valence-corrected chi connectivity index (χ1v) is 14.1. The van der Waals surface area contributed by atoms with Crippen LogP contribution in [0.5, 0.6) is 0 Å². The van der Waals surface area contributed by atoms with Crippen LogP contribution in [0, 0.1) is 5.82 Å². The average molecular weight is 645 g/mol. The molecule has 0 atom stereocenters. The molecule has 1 heterocycles.